The van der Waals surface area contributed by atoms with Gasteiger partial charge in [0.25, 0.3) is 10.0 Å². The van der Waals surface area contributed by atoms with E-state index in [1.54, 1.807) is 22.4 Å². The molecule has 2 fully saturated rings. The van der Waals surface area contributed by atoms with Crippen LogP contribution in [0.4, 0.5) is 5.13 Å². The maximum absolute atomic E-state index is 14.0. The Morgan fingerprint density at radius 1 is 1.22 bits per heavy atom. The standard InChI is InChI=1S/C25H32N4O4S3/c1-18-16-19(2)23-21(17-18)35-25(26-23)28(9-5-8-27-11-13-33-14-12-27)24(30)20-6-3-10-29(20)36(31,32)22-7-4-15-34-22/h4,7,15-17,20H,3,5-6,8-14H2,1-2H3. The van der Waals surface area contributed by atoms with Crippen molar-refractivity contribution < 1.29 is 17.9 Å². The molecule has 1 aromatic carbocycles. The first-order valence-corrected chi connectivity index (χ1v) is 15.5. The molecule has 0 bridgehead atoms. The van der Waals surface area contributed by atoms with Gasteiger partial charge in [-0.3, -0.25) is 14.6 Å². The highest BCUT2D eigenvalue weighted by atomic mass is 32.2. The van der Waals surface area contributed by atoms with E-state index in [-0.39, 0.29) is 10.1 Å². The summed E-state index contributed by atoms with van der Waals surface area (Å²) < 4.78 is 34.9. The first kappa shape index (κ1) is 25.7. The SMILES string of the molecule is Cc1cc(C)c2nc(N(CCCN3CCOCC3)C(=O)C3CCCN3S(=O)(=O)c3cccs3)sc2c1. The lowest BCUT2D eigenvalue weighted by atomic mass is 10.1. The van der Waals surface area contributed by atoms with Gasteiger partial charge in [-0.05, 0) is 61.7 Å². The Balaban J connectivity index is 1.43. The first-order chi connectivity index (χ1) is 17.3. The third kappa shape index (κ3) is 5.23. The molecule has 0 saturated carbocycles. The largest absolute Gasteiger partial charge is 0.379 e. The number of nitrogens with zero attached hydrogens (tertiary/aromatic N) is 4. The monoisotopic (exact) mass is 548 g/mol. The molecule has 0 radical (unpaired) electrons. The molecule has 2 saturated heterocycles. The fraction of sp³-hybridized carbons (Fsp3) is 0.520. The summed E-state index contributed by atoms with van der Waals surface area (Å²) in [5.41, 5.74) is 3.14. The molecule has 0 spiro atoms. The lowest BCUT2D eigenvalue weighted by molar-refractivity contribution is -0.121. The highest BCUT2D eigenvalue weighted by Crippen LogP contribution is 2.35. The number of rotatable bonds is 8. The molecule has 1 unspecified atom stereocenters. The van der Waals surface area contributed by atoms with Gasteiger partial charge in [-0.15, -0.1) is 11.3 Å². The number of aromatic nitrogens is 1. The molecular weight excluding hydrogens is 517 g/mol. The maximum Gasteiger partial charge on any atom is 0.253 e. The molecule has 8 nitrogen and oxygen atoms in total. The second-order valence-corrected chi connectivity index (χ2v) is 13.5. The Morgan fingerprint density at radius 3 is 2.78 bits per heavy atom. The summed E-state index contributed by atoms with van der Waals surface area (Å²) in [6.45, 7) is 9.06. The number of fused-ring (bicyclic) bond motifs is 1. The van der Waals surface area contributed by atoms with Crippen LogP contribution in [0.15, 0.2) is 33.9 Å². The number of hydrogen-bond donors (Lipinski definition) is 0. The molecule has 0 N–H and O–H groups in total. The van der Waals surface area contributed by atoms with E-state index in [0.717, 1.165) is 60.6 Å². The predicted octanol–water partition coefficient (Wildman–Crippen LogP) is 3.88. The van der Waals surface area contributed by atoms with Crippen LogP contribution >= 0.6 is 22.7 Å². The average Bonchev–Trinajstić information content (AvgIpc) is 3.63. The highest BCUT2D eigenvalue weighted by Gasteiger charge is 2.42. The summed E-state index contributed by atoms with van der Waals surface area (Å²) in [6, 6.07) is 6.83. The number of ether oxygens (including phenoxy) is 1. The molecule has 2 aromatic heterocycles. The van der Waals surface area contributed by atoms with E-state index in [2.05, 4.69) is 24.0 Å². The van der Waals surface area contributed by atoms with Crippen LogP contribution in [-0.4, -0.2) is 80.5 Å². The van der Waals surface area contributed by atoms with Crippen molar-refractivity contribution in [1.29, 1.82) is 0 Å². The summed E-state index contributed by atoms with van der Waals surface area (Å²) in [4.78, 5) is 23.0. The molecule has 1 amide bonds. The zero-order chi connectivity index (χ0) is 25.3. The fourth-order valence-electron chi connectivity index (χ4n) is 5.03. The number of benzene rings is 1. The third-order valence-corrected chi connectivity index (χ3v) is 11.1. The van der Waals surface area contributed by atoms with Crippen LogP contribution in [0.3, 0.4) is 0 Å². The molecule has 1 atom stereocenters. The number of carbonyl (C=O) groups is 1. The van der Waals surface area contributed by atoms with E-state index >= 15 is 0 Å². The molecule has 0 aliphatic carbocycles. The normalized spacial score (nSPS) is 19.8. The summed E-state index contributed by atoms with van der Waals surface area (Å²) in [5, 5.41) is 2.40. The Morgan fingerprint density at radius 2 is 2.03 bits per heavy atom. The molecule has 36 heavy (non-hydrogen) atoms. The van der Waals surface area contributed by atoms with Gasteiger partial charge in [0.15, 0.2) is 5.13 Å². The van der Waals surface area contributed by atoms with Crippen LogP contribution in [0.2, 0.25) is 0 Å². The number of thiazole rings is 1. The van der Waals surface area contributed by atoms with Crippen molar-refractivity contribution in [2.75, 3.05) is 50.8 Å². The molecule has 4 heterocycles. The zero-order valence-electron chi connectivity index (χ0n) is 20.7. The van der Waals surface area contributed by atoms with Crippen LogP contribution < -0.4 is 4.90 Å². The average molecular weight is 549 g/mol. The molecule has 3 aromatic rings. The van der Waals surface area contributed by atoms with Crippen molar-refractivity contribution in [3.05, 3.63) is 40.8 Å². The van der Waals surface area contributed by atoms with Crippen molar-refractivity contribution in [2.45, 2.75) is 43.4 Å². The van der Waals surface area contributed by atoms with E-state index < -0.39 is 16.1 Å². The molecule has 2 aliphatic heterocycles. The highest BCUT2D eigenvalue weighted by molar-refractivity contribution is 7.91. The van der Waals surface area contributed by atoms with Crippen LogP contribution in [0, 0.1) is 13.8 Å². The van der Waals surface area contributed by atoms with E-state index in [1.807, 2.05) is 6.92 Å². The van der Waals surface area contributed by atoms with Crippen molar-refractivity contribution in [1.82, 2.24) is 14.2 Å². The van der Waals surface area contributed by atoms with Gasteiger partial charge in [0.05, 0.1) is 23.4 Å². The molecule has 194 valence electrons. The number of morpholine rings is 1. The summed E-state index contributed by atoms with van der Waals surface area (Å²) in [6.07, 6.45) is 1.97. The minimum Gasteiger partial charge on any atom is -0.379 e. The fourth-order valence-corrected chi connectivity index (χ4v) is 8.98. The molecular formula is C25H32N4O4S3. The Kier molecular flexibility index (Phi) is 7.75. The van der Waals surface area contributed by atoms with Crippen LogP contribution in [0.1, 0.15) is 30.4 Å². The Hall–Kier alpha value is -1.89. The van der Waals surface area contributed by atoms with Gasteiger partial charge >= 0.3 is 0 Å². The van der Waals surface area contributed by atoms with Crippen molar-refractivity contribution in [3.8, 4) is 0 Å². The minimum atomic E-state index is -3.71. The zero-order valence-corrected chi connectivity index (χ0v) is 23.1. The number of amides is 1. The number of hydrogen-bond acceptors (Lipinski definition) is 8. The molecule has 5 rings (SSSR count). The van der Waals surface area contributed by atoms with E-state index in [9.17, 15) is 13.2 Å². The topological polar surface area (TPSA) is 83.1 Å². The molecule has 11 heteroatoms. The van der Waals surface area contributed by atoms with Crippen LogP contribution in [-0.2, 0) is 19.6 Å². The van der Waals surface area contributed by atoms with Crippen molar-refractivity contribution in [3.63, 3.8) is 0 Å². The van der Waals surface area contributed by atoms with Crippen LogP contribution in [0.5, 0.6) is 0 Å². The van der Waals surface area contributed by atoms with Gasteiger partial charge in [-0.1, -0.05) is 23.5 Å². The lowest BCUT2D eigenvalue weighted by Gasteiger charge is -2.30. The van der Waals surface area contributed by atoms with E-state index in [4.69, 9.17) is 9.72 Å². The van der Waals surface area contributed by atoms with Gasteiger partial charge in [0.2, 0.25) is 5.91 Å². The quantitative estimate of drug-likeness (QED) is 0.425. The van der Waals surface area contributed by atoms with Crippen molar-refractivity contribution in [2.24, 2.45) is 0 Å². The van der Waals surface area contributed by atoms with Gasteiger partial charge in [0.1, 0.15) is 10.3 Å². The van der Waals surface area contributed by atoms with Crippen LogP contribution in [0.25, 0.3) is 10.2 Å². The minimum absolute atomic E-state index is 0.178. The summed E-state index contributed by atoms with van der Waals surface area (Å²) >= 11 is 2.70. The first-order valence-electron chi connectivity index (χ1n) is 12.4. The smallest absolute Gasteiger partial charge is 0.253 e. The van der Waals surface area contributed by atoms with Crippen molar-refractivity contribution >= 4 is 54.0 Å². The predicted molar refractivity (Wildman–Crippen MR) is 145 cm³/mol. The van der Waals surface area contributed by atoms with Gasteiger partial charge in [-0.25, -0.2) is 13.4 Å². The van der Waals surface area contributed by atoms with E-state index in [0.29, 0.717) is 31.1 Å². The third-order valence-electron chi connectivity index (χ3n) is 6.82. The summed E-state index contributed by atoms with van der Waals surface area (Å²) in [5.74, 6) is -0.178. The second-order valence-electron chi connectivity index (χ2n) is 9.43. The number of carbonyl (C=O) groups excluding carboxylic acids is 1. The van der Waals surface area contributed by atoms with E-state index in [1.165, 1.54) is 27.0 Å². The van der Waals surface area contributed by atoms with Gasteiger partial charge < -0.3 is 4.74 Å². The number of aryl methyl sites for hydroxylation is 2. The number of thiophene rings is 1. The molecule has 2 aliphatic rings. The van der Waals surface area contributed by atoms with Gasteiger partial charge in [-0.2, -0.15) is 4.31 Å². The number of anilines is 1. The van der Waals surface area contributed by atoms with Gasteiger partial charge in [0, 0.05) is 32.7 Å². The number of sulfonamides is 1. The summed E-state index contributed by atoms with van der Waals surface area (Å²) in [7, 11) is -3.71. The maximum atomic E-state index is 14.0. The lowest BCUT2D eigenvalue weighted by Crippen LogP contribution is -2.48. The Labute approximate surface area is 220 Å². The Bertz CT molecular complexity index is 1320. The second kappa shape index (κ2) is 10.8.